The summed E-state index contributed by atoms with van der Waals surface area (Å²) in [6, 6.07) is 5.21. The van der Waals surface area contributed by atoms with Crippen LogP contribution in [-0.4, -0.2) is 9.97 Å². The van der Waals surface area contributed by atoms with E-state index in [-0.39, 0.29) is 5.56 Å². The van der Waals surface area contributed by atoms with Gasteiger partial charge in [-0.05, 0) is 12.1 Å². The molecule has 3 aromatic rings. The predicted molar refractivity (Wildman–Crippen MR) is 75.7 cm³/mol. The predicted octanol–water partition coefficient (Wildman–Crippen LogP) is 3.96. The Hall–Kier alpha value is -1.36. The fourth-order valence-corrected chi connectivity index (χ4v) is 3.21. The van der Waals surface area contributed by atoms with Gasteiger partial charge in [-0.15, -0.1) is 11.3 Å². The molecule has 0 saturated carbocycles. The minimum absolute atomic E-state index is 0.165. The number of benzene rings is 1. The van der Waals surface area contributed by atoms with Crippen LogP contribution in [0.5, 0.6) is 0 Å². The summed E-state index contributed by atoms with van der Waals surface area (Å²) in [5, 5.41) is 3.52. The molecule has 90 valence electrons. The number of hydrogen-bond acceptors (Lipinski definition) is 3. The van der Waals surface area contributed by atoms with Crippen LogP contribution < -0.4 is 5.56 Å². The number of halogens is 2. The summed E-state index contributed by atoms with van der Waals surface area (Å²) in [5.74, 6) is 0. The molecule has 0 aliphatic rings. The number of fused-ring (bicyclic) bond motifs is 1. The zero-order valence-electron chi connectivity index (χ0n) is 8.91. The molecule has 0 atom stereocenters. The Labute approximate surface area is 116 Å². The number of aromatic amines is 1. The van der Waals surface area contributed by atoms with E-state index < -0.39 is 0 Å². The molecule has 3 nitrogen and oxygen atoms in total. The van der Waals surface area contributed by atoms with Crippen molar-refractivity contribution < 1.29 is 0 Å². The Bertz CT molecular complexity index is 794. The molecule has 0 aliphatic carbocycles. The number of H-pyrrole nitrogens is 1. The van der Waals surface area contributed by atoms with E-state index in [2.05, 4.69) is 9.97 Å². The van der Waals surface area contributed by atoms with Crippen molar-refractivity contribution in [3.8, 4) is 11.1 Å². The first kappa shape index (κ1) is 11.7. The molecule has 0 spiro atoms. The first-order valence-corrected chi connectivity index (χ1v) is 6.70. The lowest BCUT2D eigenvalue weighted by Gasteiger charge is -2.02. The molecule has 3 rings (SSSR count). The second-order valence-corrected chi connectivity index (χ2v) is 5.39. The van der Waals surface area contributed by atoms with Crippen molar-refractivity contribution in [2.45, 2.75) is 0 Å². The number of aromatic nitrogens is 2. The van der Waals surface area contributed by atoms with Crippen LogP contribution in [0.3, 0.4) is 0 Å². The van der Waals surface area contributed by atoms with Gasteiger partial charge in [0.2, 0.25) is 0 Å². The van der Waals surface area contributed by atoms with E-state index >= 15 is 0 Å². The van der Waals surface area contributed by atoms with Crippen molar-refractivity contribution >= 4 is 44.8 Å². The number of rotatable bonds is 1. The van der Waals surface area contributed by atoms with Gasteiger partial charge in [0, 0.05) is 26.6 Å². The van der Waals surface area contributed by atoms with Crippen LogP contribution in [0.25, 0.3) is 21.3 Å². The lowest BCUT2D eigenvalue weighted by Crippen LogP contribution is -2.05. The SMILES string of the molecule is O=c1[nH]cnc2scc(-c3ccc(Cl)cc3Cl)c12. The van der Waals surface area contributed by atoms with Crippen molar-refractivity contribution in [3.63, 3.8) is 0 Å². The minimum atomic E-state index is -0.165. The third kappa shape index (κ3) is 1.82. The molecule has 0 bridgehead atoms. The van der Waals surface area contributed by atoms with E-state index in [9.17, 15) is 4.79 Å². The van der Waals surface area contributed by atoms with E-state index in [1.165, 1.54) is 17.7 Å². The molecule has 6 heteroatoms. The molecule has 0 amide bonds. The fraction of sp³-hybridized carbons (Fsp3) is 0. The van der Waals surface area contributed by atoms with Crippen molar-refractivity contribution in [2.24, 2.45) is 0 Å². The molecule has 18 heavy (non-hydrogen) atoms. The number of nitrogens with zero attached hydrogens (tertiary/aromatic N) is 1. The summed E-state index contributed by atoms with van der Waals surface area (Å²) < 4.78 is 0. The maximum Gasteiger partial charge on any atom is 0.260 e. The van der Waals surface area contributed by atoms with Crippen LogP contribution in [0.4, 0.5) is 0 Å². The number of hydrogen-bond donors (Lipinski definition) is 1. The molecule has 1 aromatic carbocycles. The Kier molecular flexibility index (Phi) is 2.86. The third-order valence-corrected chi connectivity index (χ3v) is 4.03. The molecule has 0 aliphatic heterocycles. The van der Waals surface area contributed by atoms with Crippen molar-refractivity contribution in [1.29, 1.82) is 0 Å². The second kappa shape index (κ2) is 4.39. The van der Waals surface area contributed by atoms with E-state index in [0.717, 1.165) is 11.1 Å². The van der Waals surface area contributed by atoms with E-state index in [1.54, 1.807) is 18.2 Å². The highest BCUT2D eigenvalue weighted by molar-refractivity contribution is 7.17. The quantitative estimate of drug-likeness (QED) is 0.739. The molecule has 0 saturated heterocycles. The van der Waals surface area contributed by atoms with Crippen LogP contribution >= 0.6 is 34.5 Å². The van der Waals surface area contributed by atoms with Crippen molar-refractivity contribution in [1.82, 2.24) is 9.97 Å². The molecule has 2 heterocycles. The number of thiophene rings is 1. The summed E-state index contributed by atoms with van der Waals surface area (Å²) in [5.41, 5.74) is 1.40. The van der Waals surface area contributed by atoms with Crippen molar-refractivity contribution in [2.75, 3.05) is 0 Å². The van der Waals surface area contributed by atoms with Gasteiger partial charge in [-0.2, -0.15) is 0 Å². The molecule has 0 unspecified atom stereocenters. The Balaban J connectivity index is 2.35. The van der Waals surface area contributed by atoms with Gasteiger partial charge in [-0.1, -0.05) is 29.3 Å². The fourth-order valence-electron chi connectivity index (χ4n) is 1.79. The van der Waals surface area contributed by atoms with Crippen LogP contribution in [0, 0.1) is 0 Å². The molecule has 0 fully saturated rings. The summed E-state index contributed by atoms with van der Waals surface area (Å²) in [6.45, 7) is 0. The minimum Gasteiger partial charge on any atom is -0.313 e. The summed E-state index contributed by atoms with van der Waals surface area (Å²) in [7, 11) is 0. The van der Waals surface area contributed by atoms with Gasteiger partial charge in [-0.3, -0.25) is 4.79 Å². The average Bonchev–Trinajstić information content (AvgIpc) is 2.74. The summed E-state index contributed by atoms with van der Waals surface area (Å²) in [4.78, 5) is 19.2. The highest BCUT2D eigenvalue weighted by atomic mass is 35.5. The van der Waals surface area contributed by atoms with Gasteiger partial charge in [0.05, 0.1) is 11.7 Å². The zero-order chi connectivity index (χ0) is 12.7. The molecular weight excluding hydrogens is 291 g/mol. The normalized spacial score (nSPS) is 11.0. The topological polar surface area (TPSA) is 45.8 Å². The molecule has 0 radical (unpaired) electrons. The first-order valence-electron chi connectivity index (χ1n) is 5.07. The highest BCUT2D eigenvalue weighted by Gasteiger charge is 2.13. The maximum atomic E-state index is 11.9. The van der Waals surface area contributed by atoms with E-state index in [0.29, 0.717) is 20.3 Å². The number of nitrogens with one attached hydrogen (secondary N) is 1. The summed E-state index contributed by atoms with van der Waals surface area (Å²) in [6.07, 6.45) is 1.40. The van der Waals surface area contributed by atoms with Gasteiger partial charge in [0.1, 0.15) is 4.83 Å². The molecular formula is C12H6Cl2N2OS. The zero-order valence-corrected chi connectivity index (χ0v) is 11.2. The smallest absolute Gasteiger partial charge is 0.260 e. The van der Waals surface area contributed by atoms with Crippen LogP contribution in [0.15, 0.2) is 34.7 Å². The largest absolute Gasteiger partial charge is 0.313 e. The van der Waals surface area contributed by atoms with Crippen molar-refractivity contribution in [3.05, 3.63) is 50.3 Å². The molecule has 1 N–H and O–H groups in total. The molecule has 2 aromatic heterocycles. The van der Waals surface area contributed by atoms with Gasteiger partial charge in [0.15, 0.2) is 0 Å². The van der Waals surface area contributed by atoms with Crippen LogP contribution in [0.1, 0.15) is 0 Å². The van der Waals surface area contributed by atoms with Gasteiger partial charge >= 0.3 is 0 Å². The lowest BCUT2D eigenvalue weighted by molar-refractivity contribution is 1.18. The van der Waals surface area contributed by atoms with Crippen LogP contribution in [-0.2, 0) is 0 Å². The highest BCUT2D eigenvalue weighted by Crippen LogP contribution is 2.35. The second-order valence-electron chi connectivity index (χ2n) is 3.69. The van der Waals surface area contributed by atoms with Gasteiger partial charge in [0.25, 0.3) is 5.56 Å². The third-order valence-electron chi connectivity index (χ3n) is 2.60. The van der Waals surface area contributed by atoms with E-state index in [4.69, 9.17) is 23.2 Å². The standard InChI is InChI=1S/C12H6Cl2N2OS/c13-6-1-2-7(9(14)3-6)8-4-18-12-10(8)11(17)15-5-16-12/h1-5H,(H,15,16,17). The average molecular weight is 297 g/mol. The maximum absolute atomic E-state index is 11.9. The monoisotopic (exact) mass is 296 g/mol. The Morgan fingerprint density at radius 3 is 2.83 bits per heavy atom. The summed E-state index contributed by atoms with van der Waals surface area (Å²) >= 11 is 13.4. The Morgan fingerprint density at radius 1 is 1.22 bits per heavy atom. The first-order chi connectivity index (χ1) is 8.66. The Morgan fingerprint density at radius 2 is 2.06 bits per heavy atom. The van der Waals surface area contributed by atoms with Gasteiger partial charge in [-0.25, -0.2) is 4.98 Å². The van der Waals surface area contributed by atoms with E-state index in [1.807, 2.05) is 5.38 Å². The van der Waals surface area contributed by atoms with Gasteiger partial charge < -0.3 is 4.98 Å². The van der Waals surface area contributed by atoms with Crippen LogP contribution in [0.2, 0.25) is 10.0 Å². The lowest BCUT2D eigenvalue weighted by atomic mass is 10.1.